The van der Waals surface area contributed by atoms with Crippen molar-refractivity contribution in [1.82, 2.24) is 19.7 Å². The molecule has 1 N–H and O–H groups in total. The molecule has 0 atom stereocenters. The zero-order chi connectivity index (χ0) is 13.3. The van der Waals surface area contributed by atoms with E-state index in [1.807, 2.05) is 6.92 Å². The normalized spacial score (nSPS) is 10.6. The quantitative estimate of drug-likeness (QED) is 0.858. The van der Waals surface area contributed by atoms with E-state index in [9.17, 15) is 4.79 Å². The number of hydrogen-bond donors (Lipinski definition) is 1. The smallest absolute Gasteiger partial charge is 0.356 e. The third-order valence-corrected chi connectivity index (χ3v) is 2.56. The number of aryl methyl sites for hydroxylation is 2. The molecule has 94 valence electrons. The summed E-state index contributed by atoms with van der Waals surface area (Å²) in [6, 6.07) is 3.13. The number of carboxylic acids is 1. The molecule has 0 aliphatic carbocycles. The second-order valence-corrected chi connectivity index (χ2v) is 4.11. The van der Waals surface area contributed by atoms with Crippen molar-refractivity contribution in [2.24, 2.45) is 0 Å². The lowest BCUT2D eigenvalue weighted by Crippen LogP contribution is -2.08. The number of nitrogens with zero attached hydrogens (tertiary/aromatic N) is 4. The number of carboxylic acid groups (broad SMARTS) is 1. The van der Waals surface area contributed by atoms with Gasteiger partial charge in [0.1, 0.15) is 5.15 Å². The first-order valence-corrected chi connectivity index (χ1v) is 5.73. The summed E-state index contributed by atoms with van der Waals surface area (Å²) in [5.41, 5.74) is 1.38. The van der Waals surface area contributed by atoms with E-state index >= 15 is 0 Å². The van der Waals surface area contributed by atoms with E-state index in [1.54, 1.807) is 13.0 Å². The first kappa shape index (κ1) is 12.5. The molecule has 6 nitrogen and oxygen atoms in total. The number of aromatic nitrogens is 4. The summed E-state index contributed by atoms with van der Waals surface area (Å²) in [7, 11) is 0. The Morgan fingerprint density at radius 3 is 2.72 bits per heavy atom. The molecule has 0 bridgehead atoms. The lowest BCUT2D eigenvalue weighted by atomic mass is 10.3. The van der Waals surface area contributed by atoms with Crippen LogP contribution in [0, 0.1) is 6.92 Å². The van der Waals surface area contributed by atoms with Gasteiger partial charge in [0.15, 0.2) is 5.69 Å². The van der Waals surface area contributed by atoms with Gasteiger partial charge in [0.2, 0.25) is 0 Å². The molecular formula is C11H11ClN4O2. The summed E-state index contributed by atoms with van der Waals surface area (Å²) < 4.78 is 1.41. The van der Waals surface area contributed by atoms with E-state index in [0.717, 1.165) is 0 Å². The van der Waals surface area contributed by atoms with Gasteiger partial charge in [-0.15, -0.1) is 0 Å². The minimum atomic E-state index is -1.08. The Balaban J connectivity index is 2.58. The molecule has 18 heavy (non-hydrogen) atoms. The molecule has 0 aliphatic heterocycles. The van der Waals surface area contributed by atoms with Crippen molar-refractivity contribution in [2.45, 2.75) is 20.3 Å². The van der Waals surface area contributed by atoms with Gasteiger partial charge in [0, 0.05) is 11.4 Å². The second kappa shape index (κ2) is 4.73. The van der Waals surface area contributed by atoms with E-state index in [0.29, 0.717) is 23.0 Å². The molecule has 0 saturated heterocycles. The Kier molecular flexibility index (Phi) is 3.29. The maximum Gasteiger partial charge on any atom is 0.356 e. The summed E-state index contributed by atoms with van der Waals surface area (Å²) in [6.45, 7) is 3.68. The number of aromatic carboxylic acids is 1. The summed E-state index contributed by atoms with van der Waals surface area (Å²) >= 11 is 5.86. The van der Waals surface area contributed by atoms with E-state index < -0.39 is 5.97 Å². The van der Waals surface area contributed by atoms with Crippen LogP contribution < -0.4 is 0 Å². The van der Waals surface area contributed by atoms with Crippen LogP contribution in [0.25, 0.3) is 5.95 Å². The molecule has 0 radical (unpaired) electrons. The van der Waals surface area contributed by atoms with Gasteiger partial charge in [-0.1, -0.05) is 18.5 Å². The van der Waals surface area contributed by atoms with Gasteiger partial charge in [-0.2, -0.15) is 10.1 Å². The highest BCUT2D eigenvalue weighted by Gasteiger charge is 2.15. The van der Waals surface area contributed by atoms with Crippen LogP contribution in [-0.2, 0) is 6.42 Å². The average Bonchev–Trinajstić information content (AvgIpc) is 2.71. The van der Waals surface area contributed by atoms with Crippen molar-refractivity contribution in [3.63, 3.8) is 0 Å². The third kappa shape index (κ3) is 2.33. The maximum absolute atomic E-state index is 10.9. The molecule has 0 fully saturated rings. The van der Waals surface area contributed by atoms with Crippen LogP contribution in [0.15, 0.2) is 12.1 Å². The van der Waals surface area contributed by atoms with Crippen LogP contribution in [0.2, 0.25) is 5.15 Å². The fourth-order valence-electron chi connectivity index (χ4n) is 1.56. The molecule has 2 heterocycles. The monoisotopic (exact) mass is 266 g/mol. The molecule has 0 spiro atoms. The van der Waals surface area contributed by atoms with Gasteiger partial charge in [-0.25, -0.2) is 14.5 Å². The highest BCUT2D eigenvalue weighted by Crippen LogP contribution is 2.13. The van der Waals surface area contributed by atoms with Gasteiger partial charge in [-0.3, -0.25) is 0 Å². The van der Waals surface area contributed by atoms with Crippen LogP contribution in [0.4, 0.5) is 0 Å². The van der Waals surface area contributed by atoms with Gasteiger partial charge in [-0.05, 0) is 25.5 Å². The van der Waals surface area contributed by atoms with E-state index in [1.165, 1.54) is 10.7 Å². The van der Waals surface area contributed by atoms with Crippen molar-refractivity contribution in [3.05, 3.63) is 34.4 Å². The third-order valence-electron chi connectivity index (χ3n) is 2.37. The Morgan fingerprint density at radius 2 is 2.17 bits per heavy atom. The zero-order valence-corrected chi connectivity index (χ0v) is 10.6. The van der Waals surface area contributed by atoms with Crippen LogP contribution in [0.5, 0.6) is 0 Å². The van der Waals surface area contributed by atoms with E-state index in [4.69, 9.17) is 16.7 Å². The maximum atomic E-state index is 10.9. The van der Waals surface area contributed by atoms with E-state index in [2.05, 4.69) is 15.1 Å². The topological polar surface area (TPSA) is 80.9 Å². The highest BCUT2D eigenvalue weighted by molar-refractivity contribution is 6.29. The fraction of sp³-hybridized carbons (Fsp3) is 0.273. The molecule has 0 unspecified atom stereocenters. The number of hydrogen-bond acceptors (Lipinski definition) is 4. The van der Waals surface area contributed by atoms with Crippen molar-refractivity contribution < 1.29 is 9.90 Å². The lowest BCUT2D eigenvalue weighted by molar-refractivity contribution is 0.0690. The van der Waals surface area contributed by atoms with Gasteiger partial charge < -0.3 is 5.11 Å². The fourth-order valence-corrected chi connectivity index (χ4v) is 1.79. The van der Waals surface area contributed by atoms with Crippen LogP contribution in [0.3, 0.4) is 0 Å². The predicted molar refractivity (Wildman–Crippen MR) is 65.2 cm³/mol. The molecule has 0 saturated carbocycles. The second-order valence-electron chi connectivity index (χ2n) is 3.72. The SMILES string of the molecule is CCc1cc(C(=O)O)nn1-c1nc(C)cc(Cl)n1. The molecule has 7 heteroatoms. The molecule has 0 aliphatic rings. The van der Waals surface area contributed by atoms with Gasteiger partial charge in [0.05, 0.1) is 0 Å². The molecule has 2 aromatic rings. The average molecular weight is 267 g/mol. The first-order valence-electron chi connectivity index (χ1n) is 5.35. The molecule has 0 amide bonds. The first-order chi connectivity index (χ1) is 8.51. The molecule has 2 rings (SSSR count). The van der Waals surface area contributed by atoms with E-state index in [-0.39, 0.29) is 11.6 Å². The van der Waals surface area contributed by atoms with Gasteiger partial charge in [0.25, 0.3) is 5.95 Å². The summed E-state index contributed by atoms with van der Waals surface area (Å²) in [4.78, 5) is 19.1. The Hall–Kier alpha value is -1.95. The Morgan fingerprint density at radius 1 is 1.44 bits per heavy atom. The minimum Gasteiger partial charge on any atom is -0.476 e. The predicted octanol–water partition coefficient (Wildman–Crippen LogP) is 1.88. The Labute approximate surface area is 108 Å². The zero-order valence-electron chi connectivity index (χ0n) is 9.88. The van der Waals surface area contributed by atoms with Crippen molar-refractivity contribution in [3.8, 4) is 5.95 Å². The molecule has 2 aromatic heterocycles. The van der Waals surface area contributed by atoms with Crippen molar-refractivity contribution >= 4 is 17.6 Å². The van der Waals surface area contributed by atoms with Crippen molar-refractivity contribution in [2.75, 3.05) is 0 Å². The number of rotatable bonds is 3. The largest absolute Gasteiger partial charge is 0.476 e. The lowest BCUT2D eigenvalue weighted by Gasteiger charge is -2.04. The van der Waals surface area contributed by atoms with Crippen molar-refractivity contribution in [1.29, 1.82) is 0 Å². The summed E-state index contributed by atoms with van der Waals surface area (Å²) in [5, 5.41) is 13.2. The summed E-state index contributed by atoms with van der Waals surface area (Å²) in [5.74, 6) is -0.799. The summed E-state index contributed by atoms with van der Waals surface area (Å²) in [6.07, 6.45) is 0.620. The molecular weight excluding hydrogens is 256 g/mol. The van der Waals surface area contributed by atoms with Gasteiger partial charge >= 0.3 is 5.97 Å². The van der Waals surface area contributed by atoms with Crippen LogP contribution in [0.1, 0.15) is 28.8 Å². The Bertz CT molecular complexity index is 589. The highest BCUT2D eigenvalue weighted by atomic mass is 35.5. The minimum absolute atomic E-state index is 0.0342. The standard InChI is InChI=1S/C11H11ClN4O2/c1-3-7-5-8(10(17)18)15-16(7)11-13-6(2)4-9(12)14-11/h4-5H,3H2,1-2H3,(H,17,18). The number of carbonyl (C=O) groups is 1. The number of halogens is 1. The van der Waals surface area contributed by atoms with Crippen LogP contribution >= 0.6 is 11.6 Å². The van der Waals surface area contributed by atoms with Crippen LogP contribution in [-0.4, -0.2) is 30.8 Å². The molecule has 0 aromatic carbocycles.